The minimum Gasteiger partial charge on any atom is -0.0767 e. The molecular weight excluding hydrogens is 577 g/mol. The van der Waals surface area contributed by atoms with E-state index < -0.39 is 0 Å². The van der Waals surface area contributed by atoms with E-state index in [1.807, 2.05) is 0 Å². The van der Waals surface area contributed by atoms with Gasteiger partial charge in [0.15, 0.2) is 0 Å². The highest BCUT2D eigenvalue weighted by Crippen LogP contribution is 2.50. The van der Waals surface area contributed by atoms with Crippen molar-refractivity contribution < 1.29 is 0 Å². The van der Waals surface area contributed by atoms with Gasteiger partial charge >= 0.3 is 0 Å². The topological polar surface area (TPSA) is 0 Å². The SMILES string of the molecule is C1=CC2=CC=C(c3c4ccccc4c(-c4c5ccccc5c(-c5ccc6ccccc6c5)c5ccccc45)c4ccccc34)CC2C=C1. The first-order chi connectivity index (χ1) is 23.8. The van der Waals surface area contributed by atoms with Gasteiger partial charge in [-0.05, 0) is 105 Å². The van der Waals surface area contributed by atoms with Gasteiger partial charge < -0.3 is 0 Å². The van der Waals surface area contributed by atoms with Crippen molar-refractivity contribution in [3.8, 4) is 22.3 Å². The Kier molecular flexibility index (Phi) is 6.11. The second-order valence-corrected chi connectivity index (χ2v) is 13.2. The lowest BCUT2D eigenvalue weighted by molar-refractivity contribution is 0.794. The Hall–Kier alpha value is -5.98. The van der Waals surface area contributed by atoms with Crippen LogP contribution in [0.4, 0.5) is 0 Å². The van der Waals surface area contributed by atoms with Crippen LogP contribution in [0.3, 0.4) is 0 Å². The smallest absolute Gasteiger partial charge is 0.00617 e. The van der Waals surface area contributed by atoms with Gasteiger partial charge in [-0.2, -0.15) is 0 Å². The Balaban J connectivity index is 1.33. The number of hydrogen-bond acceptors (Lipinski definition) is 0. The Bertz CT molecular complexity index is 2630. The van der Waals surface area contributed by atoms with Crippen LogP contribution in [0.25, 0.3) is 81.7 Å². The molecule has 1 unspecified atom stereocenters. The summed E-state index contributed by atoms with van der Waals surface area (Å²) in [5.74, 6) is 0.419. The molecule has 0 bridgehead atoms. The van der Waals surface area contributed by atoms with Crippen molar-refractivity contribution in [2.45, 2.75) is 6.42 Å². The third kappa shape index (κ3) is 4.09. The van der Waals surface area contributed by atoms with Gasteiger partial charge in [-0.3, -0.25) is 0 Å². The van der Waals surface area contributed by atoms with E-state index in [1.54, 1.807) is 0 Å². The van der Waals surface area contributed by atoms with Crippen LogP contribution in [0.15, 0.2) is 182 Å². The first-order valence-electron chi connectivity index (χ1n) is 17.0. The molecule has 2 aliphatic carbocycles. The van der Waals surface area contributed by atoms with Crippen LogP contribution in [-0.4, -0.2) is 0 Å². The zero-order chi connectivity index (χ0) is 31.6. The minimum absolute atomic E-state index is 0.419. The molecule has 0 fully saturated rings. The first kappa shape index (κ1) is 27.2. The van der Waals surface area contributed by atoms with E-state index in [9.17, 15) is 0 Å². The van der Waals surface area contributed by atoms with Crippen molar-refractivity contribution in [3.05, 3.63) is 187 Å². The lowest BCUT2D eigenvalue weighted by atomic mass is 9.77. The summed E-state index contributed by atoms with van der Waals surface area (Å²) in [4.78, 5) is 0. The normalized spacial score (nSPS) is 15.7. The van der Waals surface area contributed by atoms with Gasteiger partial charge in [-0.1, -0.05) is 170 Å². The van der Waals surface area contributed by atoms with E-state index in [2.05, 4.69) is 176 Å². The molecule has 0 saturated carbocycles. The van der Waals surface area contributed by atoms with Gasteiger partial charge in [0.05, 0.1) is 0 Å². The van der Waals surface area contributed by atoms with Crippen LogP contribution in [-0.2, 0) is 0 Å². The highest BCUT2D eigenvalue weighted by molar-refractivity contribution is 6.29. The molecular formula is C48H32. The zero-order valence-corrected chi connectivity index (χ0v) is 26.5. The van der Waals surface area contributed by atoms with Crippen LogP contribution in [0.5, 0.6) is 0 Å². The summed E-state index contributed by atoms with van der Waals surface area (Å²) >= 11 is 0. The standard InChI is InChI=1S/C48H32/c1-3-15-33-29-35(27-25-31(33)13-1)45-37-17-5-9-21-41(37)47(42-22-10-6-18-38(42)45)48-43-23-11-7-19-39(43)46(40-20-8-12-24-44(40)48)36-28-26-32-14-2-4-16-34(32)30-36/h1-29,34H,30H2. The fourth-order valence-corrected chi connectivity index (χ4v) is 8.45. The third-order valence-electron chi connectivity index (χ3n) is 10.6. The van der Waals surface area contributed by atoms with Gasteiger partial charge in [0.25, 0.3) is 0 Å². The van der Waals surface area contributed by atoms with Crippen LogP contribution in [0.2, 0.25) is 0 Å². The second-order valence-electron chi connectivity index (χ2n) is 13.2. The fourth-order valence-electron chi connectivity index (χ4n) is 8.45. The second kappa shape index (κ2) is 10.8. The maximum Gasteiger partial charge on any atom is 0.00617 e. The van der Waals surface area contributed by atoms with Crippen molar-refractivity contribution in [3.63, 3.8) is 0 Å². The lowest BCUT2D eigenvalue weighted by Gasteiger charge is -2.26. The molecule has 0 nitrogen and oxygen atoms in total. The fraction of sp³-hybridized carbons (Fsp3) is 0.0417. The van der Waals surface area contributed by atoms with E-state index in [-0.39, 0.29) is 0 Å². The number of fused-ring (bicyclic) bond motifs is 6. The molecule has 2 aliphatic rings. The molecule has 0 aliphatic heterocycles. The molecule has 8 aromatic rings. The van der Waals surface area contributed by atoms with Crippen molar-refractivity contribution in [1.29, 1.82) is 0 Å². The molecule has 0 spiro atoms. The Morgan fingerprint density at radius 2 is 0.875 bits per heavy atom. The Morgan fingerprint density at radius 1 is 0.396 bits per heavy atom. The van der Waals surface area contributed by atoms with E-state index in [4.69, 9.17) is 0 Å². The molecule has 1 atom stereocenters. The number of benzene rings is 8. The quantitative estimate of drug-likeness (QED) is 0.175. The summed E-state index contributed by atoms with van der Waals surface area (Å²) in [6, 6.07) is 51.9. The Morgan fingerprint density at radius 3 is 1.44 bits per heavy atom. The molecule has 224 valence electrons. The predicted molar refractivity (Wildman–Crippen MR) is 207 cm³/mol. The molecule has 0 saturated heterocycles. The maximum absolute atomic E-state index is 2.37. The number of hydrogen-bond donors (Lipinski definition) is 0. The number of allylic oxidation sites excluding steroid dienone is 8. The van der Waals surface area contributed by atoms with Gasteiger partial charge in [-0.25, -0.2) is 0 Å². The van der Waals surface area contributed by atoms with Crippen molar-refractivity contribution in [1.82, 2.24) is 0 Å². The van der Waals surface area contributed by atoms with Crippen LogP contribution in [0, 0.1) is 5.92 Å². The molecule has 0 heterocycles. The molecule has 0 aromatic heterocycles. The molecule has 10 rings (SSSR count). The first-order valence-corrected chi connectivity index (χ1v) is 17.0. The summed E-state index contributed by atoms with van der Waals surface area (Å²) in [5, 5.41) is 12.9. The highest BCUT2D eigenvalue weighted by atomic mass is 14.3. The van der Waals surface area contributed by atoms with Gasteiger partial charge in [-0.15, -0.1) is 0 Å². The minimum atomic E-state index is 0.419. The average molecular weight is 609 g/mol. The van der Waals surface area contributed by atoms with E-state index in [1.165, 1.54) is 92.8 Å². The highest BCUT2D eigenvalue weighted by Gasteiger charge is 2.25. The summed E-state index contributed by atoms with van der Waals surface area (Å²) < 4.78 is 0. The van der Waals surface area contributed by atoms with Crippen LogP contribution in [0.1, 0.15) is 12.0 Å². The zero-order valence-electron chi connectivity index (χ0n) is 26.5. The van der Waals surface area contributed by atoms with Crippen molar-refractivity contribution in [2.24, 2.45) is 5.92 Å². The monoisotopic (exact) mass is 608 g/mol. The van der Waals surface area contributed by atoms with Crippen molar-refractivity contribution >= 4 is 59.4 Å². The summed E-state index contributed by atoms with van der Waals surface area (Å²) in [7, 11) is 0. The summed E-state index contributed by atoms with van der Waals surface area (Å²) in [6.07, 6.45) is 14.7. The Labute approximate surface area is 280 Å². The molecule has 0 amide bonds. The summed E-state index contributed by atoms with van der Waals surface area (Å²) in [6.45, 7) is 0. The van der Waals surface area contributed by atoms with E-state index >= 15 is 0 Å². The van der Waals surface area contributed by atoms with Crippen LogP contribution >= 0.6 is 0 Å². The van der Waals surface area contributed by atoms with Gasteiger partial charge in [0, 0.05) is 5.92 Å². The van der Waals surface area contributed by atoms with Crippen LogP contribution < -0.4 is 0 Å². The number of rotatable bonds is 3. The molecule has 0 heteroatoms. The van der Waals surface area contributed by atoms with E-state index in [0.717, 1.165) is 6.42 Å². The molecule has 8 aromatic carbocycles. The van der Waals surface area contributed by atoms with Crippen molar-refractivity contribution in [2.75, 3.05) is 0 Å². The largest absolute Gasteiger partial charge is 0.0767 e. The molecule has 48 heavy (non-hydrogen) atoms. The maximum atomic E-state index is 2.37. The van der Waals surface area contributed by atoms with Gasteiger partial charge in [0.1, 0.15) is 0 Å². The third-order valence-corrected chi connectivity index (χ3v) is 10.6. The lowest BCUT2D eigenvalue weighted by Crippen LogP contribution is -2.07. The van der Waals surface area contributed by atoms with E-state index in [0.29, 0.717) is 5.92 Å². The van der Waals surface area contributed by atoms with Gasteiger partial charge in [0.2, 0.25) is 0 Å². The molecule has 0 radical (unpaired) electrons. The summed E-state index contributed by atoms with van der Waals surface area (Å²) in [5.41, 5.74) is 9.34. The average Bonchev–Trinajstić information content (AvgIpc) is 3.16. The molecule has 0 N–H and O–H groups in total. The predicted octanol–water partition coefficient (Wildman–Crippen LogP) is 13.2.